The average molecular weight is 165 g/mol. The third-order valence-corrected chi connectivity index (χ3v) is 1.49. The fraction of sp³-hybridized carbons (Fsp3) is 0.143. The molecule has 0 fully saturated rings. The van der Waals surface area contributed by atoms with E-state index in [9.17, 15) is 10.1 Å². The molecule has 1 aromatic carbocycles. The molecular weight excluding hydrogens is 157 g/mol. The summed E-state index contributed by atoms with van der Waals surface area (Å²) < 4.78 is 4.81. The standard InChI is InChI=1S/C7H8BNO3/c8-12-5-6-3-1-2-4-7(6)9(10)11/h1-4H,5,8H2. The lowest BCUT2D eigenvalue weighted by molar-refractivity contribution is -0.385. The van der Waals surface area contributed by atoms with Gasteiger partial charge in [0.25, 0.3) is 13.7 Å². The van der Waals surface area contributed by atoms with Crippen molar-refractivity contribution in [1.29, 1.82) is 0 Å². The Morgan fingerprint density at radius 2 is 2.17 bits per heavy atom. The zero-order chi connectivity index (χ0) is 8.97. The number of nitrogens with zero attached hydrogens (tertiary/aromatic N) is 1. The maximum atomic E-state index is 10.4. The van der Waals surface area contributed by atoms with Crippen molar-refractivity contribution in [2.45, 2.75) is 6.61 Å². The number of benzene rings is 1. The van der Waals surface area contributed by atoms with Crippen LogP contribution in [0.1, 0.15) is 5.56 Å². The second-order valence-corrected chi connectivity index (χ2v) is 2.32. The van der Waals surface area contributed by atoms with E-state index in [0.29, 0.717) is 5.56 Å². The summed E-state index contributed by atoms with van der Waals surface area (Å²) in [6, 6.07) is 6.54. The summed E-state index contributed by atoms with van der Waals surface area (Å²) >= 11 is 0. The summed E-state index contributed by atoms with van der Waals surface area (Å²) in [5.74, 6) is 0. The van der Waals surface area contributed by atoms with Gasteiger partial charge in [-0.2, -0.15) is 0 Å². The van der Waals surface area contributed by atoms with Gasteiger partial charge in [0.15, 0.2) is 0 Å². The molecule has 0 N–H and O–H groups in total. The van der Waals surface area contributed by atoms with Gasteiger partial charge in [0, 0.05) is 6.07 Å². The highest BCUT2D eigenvalue weighted by Gasteiger charge is 2.10. The maximum absolute atomic E-state index is 10.4. The Labute approximate surface area is 70.7 Å². The minimum Gasteiger partial charge on any atom is -0.440 e. The molecule has 0 saturated heterocycles. The lowest BCUT2D eigenvalue weighted by Gasteiger charge is -1.99. The van der Waals surface area contributed by atoms with Crippen molar-refractivity contribution in [3.8, 4) is 0 Å². The van der Waals surface area contributed by atoms with E-state index < -0.39 is 4.92 Å². The number of hydrogen-bond donors (Lipinski definition) is 0. The summed E-state index contributed by atoms with van der Waals surface area (Å²) in [7, 11) is 1.51. The van der Waals surface area contributed by atoms with Crippen LogP contribution in [0.2, 0.25) is 0 Å². The molecule has 0 unspecified atom stereocenters. The van der Waals surface area contributed by atoms with Gasteiger partial charge in [0.05, 0.1) is 17.1 Å². The van der Waals surface area contributed by atoms with Crippen LogP contribution in [-0.4, -0.2) is 13.0 Å². The highest BCUT2D eigenvalue weighted by Crippen LogP contribution is 2.17. The van der Waals surface area contributed by atoms with Gasteiger partial charge in [-0.05, 0) is 6.07 Å². The van der Waals surface area contributed by atoms with Gasteiger partial charge >= 0.3 is 0 Å². The third-order valence-electron chi connectivity index (χ3n) is 1.49. The summed E-state index contributed by atoms with van der Waals surface area (Å²) in [5.41, 5.74) is 0.712. The first kappa shape index (κ1) is 8.74. The maximum Gasteiger partial charge on any atom is 0.274 e. The lowest BCUT2D eigenvalue weighted by atomic mass is 10.2. The van der Waals surface area contributed by atoms with Crippen molar-refractivity contribution >= 4 is 13.7 Å². The molecule has 0 saturated carbocycles. The van der Waals surface area contributed by atoms with Crippen LogP contribution < -0.4 is 0 Å². The van der Waals surface area contributed by atoms with Gasteiger partial charge < -0.3 is 4.65 Å². The van der Waals surface area contributed by atoms with E-state index >= 15 is 0 Å². The first-order chi connectivity index (χ1) is 5.75. The van der Waals surface area contributed by atoms with Crippen molar-refractivity contribution < 1.29 is 9.58 Å². The molecule has 0 aromatic heterocycles. The van der Waals surface area contributed by atoms with Crippen molar-refractivity contribution in [3.05, 3.63) is 39.9 Å². The molecule has 0 aliphatic rings. The summed E-state index contributed by atoms with van der Waals surface area (Å²) in [5, 5.41) is 10.4. The Morgan fingerprint density at radius 1 is 1.50 bits per heavy atom. The van der Waals surface area contributed by atoms with E-state index in [0.717, 1.165) is 0 Å². The smallest absolute Gasteiger partial charge is 0.274 e. The largest absolute Gasteiger partial charge is 0.440 e. The summed E-state index contributed by atoms with van der Waals surface area (Å²) in [6.07, 6.45) is 0. The quantitative estimate of drug-likeness (QED) is 0.375. The molecule has 1 rings (SSSR count). The second-order valence-electron chi connectivity index (χ2n) is 2.32. The number of para-hydroxylation sites is 1. The summed E-state index contributed by atoms with van der Waals surface area (Å²) in [6.45, 7) is 0.275. The Kier molecular flexibility index (Phi) is 2.82. The SMILES string of the molecule is BOCc1ccccc1[N+](=O)[O-]. The predicted molar refractivity (Wildman–Crippen MR) is 46.4 cm³/mol. The normalized spacial score (nSPS) is 9.67. The van der Waals surface area contributed by atoms with Crippen LogP contribution in [0.25, 0.3) is 0 Å². The monoisotopic (exact) mass is 165 g/mol. The molecule has 0 aliphatic carbocycles. The fourth-order valence-corrected chi connectivity index (χ4v) is 0.966. The van der Waals surface area contributed by atoms with Crippen molar-refractivity contribution in [3.63, 3.8) is 0 Å². The Bertz CT molecular complexity index is 290. The van der Waals surface area contributed by atoms with Crippen LogP contribution in [0.5, 0.6) is 0 Å². The van der Waals surface area contributed by atoms with E-state index in [1.807, 2.05) is 0 Å². The number of nitro groups is 1. The van der Waals surface area contributed by atoms with Gasteiger partial charge in [0.1, 0.15) is 0 Å². The van der Waals surface area contributed by atoms with Crippen molar-refractivity contribution in [1.82, 2.24) is 0 Å². The predicted octanol–water partition coefficient (Wildman–Crippen LogP) is 0.659. The molecule has 0 heterocycles. The van der Waals surface area contributed by atoms with E-state index in [-0.39, 0.29) is 12.3 Å². The first-order valence-electron chi connectivity index (χ1n) is 3.47. The van der Waals surface area contributed by atoms with Crippen LogP contribution >= 0.6 is 0 Å². The second kappa shape index (κ2) is 3.87. The molecule has 0 radical (unpaired) electrons. The molecule has 0 atom stereocenters. The van der Waals surface area contributed by atoms with E-state index in [4.69, 9.17) is 4.65 Å². The Morgan fingerprint density at radius 3 is 2.75 bits per heavy atom. The third kappa shape index (κ3) is 1.82. The molecule has 1 aromatic rings. The molecule has 0 spiro atoms. The fourth-order valence-electron chi connectivity index (χ4n) is 0.966. The topological polar surface area (TPSA) is 52.4 Å². The van der Waals surface area contributed by atoms with E-state index in [1.54, 1.807) is 18.2 Å². The molecule has 0 aliphatic heterocycles. The van der Waals surface area contributed by atoms with Crippen LogP contribution in [0.15, 0.2) is 24.3 Å². The molecule has 62 valence electrons. The van der Waals surface area contributed by atoms with Crippen LogP contribution in [0.3, 0.4) is 0 Å². The van der Waals surface area contributed by atoms with Crippen LogP contribution in [0.4, 0.5) is 5.69 Å². The number of nitro benzene ring substituents is 1. The van der Waals surface area contributed by atoms with Gasteiger partial charge in [-0.1, -0.05) is 12.1 Å². The lowest BCUT2D eigenvalue weighted by Crippen LogP contribution is -1.96. The number of hydrogen-bond acceptors (Lipinski definition) is 3. The highest BCUT2D eigenvalue weighted by molar-refractivity contribution is 5.97. The van der Waals surface area contributed by atoms with Crippen LogP contribution in [-0.2, 0) is 11.3 Å². The van der Waals surface area contributed by atoms with Gasteiger partial charge in [0.2, 0.25) is 0 Å². The van der Waals surface area contributed by atoms with Crippen LogP contribution in [0, 0.1) is 10.1 Å². The molecular formula is C7H8BNO3. The molecule has 4 nitrogen and oxygen atoms in total. The Hall–Kier alpha value is -1.36. The first-order valence-corrected chi connectivity index (χ1v) is 3.47. The molecule has 0 amide bonds. The molecule has 0 bridgehead atoms. The van der Waals surface area contributed by atoms with Crippen molar-refractivity contribution in [2.24, 2.45) is 0 Å². The molecule has 5 heteroatoms. The van der Waals surface area contributed by atoms with E-state index in [1.165, 1.54) is 14.1 Å². The van der Waals surface area contributed by atoms with Gasteiger partial charge in [-0.25, -0.2) is 0 Å². The van der Waals surface area contributed by atoms with Crippen molar-refractivity contribution in [2.75, 3.05) is 0 Å². The highest BCUT2D eigenvalue weighted by atomic mass is 16.6. The average Bonchev–Trinajstić information content (AvgIpc) is 2.05. The minimum absolute atomic E-state index is 0.111. The zero-order valence-corrected chi connectivity index (χ0v) is 6.69. The number of rotatable bonds is 3. The molecule has 12 heavy (non-hydrogen) atoms. The van der Waals surface area contributed by atoms with Gasteiger partial charge in [-0.3, -0.25) is 10.1 Å². The zero-order valence-electron chi connectivity index (χ0n) is 6.69. The summed E-state index contributed by atoms with van der Waals surface area (Å²) in [4.78, 5) is 10.0. The Balaban J connectivity index is 3.00. The van der Waals surface area contributed by atoms with E-state index in [2.05, 4.69) is 0 Å². The van der Waals surface area contributed by atoms with Gasteiger partial charge in [-0.15, -0.1) is 0 Å². The minimum atomic E-state index is -0.408.